The average Bonchev–Trinajstić information content (AvgIpc) is 2.85. The highest BCUT2D eigenvalue weighted by atomic mass is 16.6. The zero-order valence-corrected chi connectivity index (χ0v) is 18.3. The number of hydroxylamine groups is 2. The van der Waals surface area contributed by atoms with Crippen molar-refractivity contribution < 1.29 is 9.80 Å². The quantitative estimate of drug-likeness (QED) is 0.261. The molecule has 0 bridgehead atoms. The number of rotatable bonds is 16. The summed E-state index contributed by atoms with van der Waals surface area (Å²) in [6.07, 6.45) is 20.0. The number of hydrogen-bond donors (Lipinski definition) is 1. The molecule has 0 aromatic carbocycles. The number of nitrogens with one attached hydrogen (secondary N) is 1. The van der Waals surface area contributed by atoms with Crippen LogP contribution < -0.4 is 5.06 Å². The Labute approximate surface area is 163 Å². The average molecular weight is 370 g/mol. The summed E-state index contributed by atoms with van der Waals surface area (Å²) in [4.78, 5) is 0. The fourth-order valence-corrected chi connectivity index (χ4v) is 4.30. The standard InChI is InChI=1S/C23H47NO2/c1-5-7-9-11-13-15-17-19-23(24(25)22(3,4)21-26-23)20-18-16-14-12-10-8-6-2/h24H,5-21H2,1-4H3. The van der Waals surface area contributed by atoms with E-state index >= 15 is 0 Å². The van der Waals surface area contributed by atoms with Crippen LogP contribution in [0.5, 0.6) is 0 Å². The minimum atomic E-state index is -0.462. The summed E-state index contributed by atoms with van der Waals surface area (Å²) in [7, 11) is 0. The van der Waals surface area contributed by atoms with Crippen LogP contribution in [0.25, 0.3) is 0 Å². The molecule has 1 rings (SSSR count). The molecule has 3 nitrogen and oxygen atoms in total. The van der Waals surface area contributed by atoms with Crippen LogP contribution in [-0.2, 0) is 4.74 Å². The van der Waals surface area contributed by atoms with Gasteiger partial charge in [-0.3, -0.25) is 0 Å². The fraction of sp³-hybridized carbons (Fsp3) is 1.00. The van der Waals surface area contributed by atoms with Crippen LogP contribution in [0, 0.1) is 5.21 Å². The van der Waals surface area contributed by atoms with Crippen molar-refractivity contribution in [1.29, 1.82) is 0 Å². The van der Waals surface area contributed by atoms with Crippen LogP contribution in [0.2, 0.25) is 0 Å². The maximum atomic E-state index is 13.0. The van der Waals surface area contributed by atoms with E-state index in [0.717, 1.165) is 25.7 Å². The smallest absolute Gasteiger partial charge is 0.202 e. The minimum Gasteiger partial charge on any atom is -0.632 e. The maximum absolute atomic E-state index is 13.0. The highest BCUT2D eigenvalue weighted by molar-refractivity contribution is 4.82. The first-order valence-electron chi connectivity index (χ1n) is 11.7. The van der Waals surface area contributed by atoms with E-state index in [9.17, 15) is 5.21 Å². The van der Waals surface area contributed by atoms with E-state index in [1.54, 1.807) is 0 Å². The van der Waals surface area contributed by atoms with Crippen molar-refractivity contribution >= 4 is 0 Å². The molecule has 156 valence electrons. The van der Waals surface area contributed by atoms with Crippen LogP contribution in [0.15, 0.2) is 0 Å². The summed E-state index contributed by atoms with van der Waals surface area (Å²) in [5.41, 5.74) is -0.751. The SMILES string of the molecule is CCCCCCCCCC1(CCCCCCCCC)OCC(C)(C)[NH+]1[O-]. The van der Waals surface area contributed by atoms with Gasteiger partial charge in [0.2, 0.25) is 5.72 Å². The molecular formula is C23H47NO2. The van der Waals surface area contributed by atoms with Crippen molar-refractivity contribution in [1.82, 2.24) is 0 Å². The Morgan fingerprint density at radius 3 is 1.42 bits per heavy atom. The molecule has 0 aliphatic carbocycles. The van der Waals surface area contributed by atoms with Crippen LogP contribution in [-0.4, -0.2) is 17.9 Å². The fourth-order valence-electron chi connectivity index (χ4n) is 4.30. The van der Waals surface area contributed by atoms with E-state index in [1.807, 2.05) is 0 Å². The molecule has 1 aliphatic heterocycles. The molecule has 0 aromatic rings. The maximum Gasteiger partial charge on any atom is 0.202 e. The molecule has 1 heterocycles. The van der Waals surface area contributed by atoms with E-state index in [-0.39, 0.29) is 5.54 Å². The molecule has 1 aliphatic rings. The molecule has 1 fully saturated rings. The van der Waals surface area contributed by atoms with Crippen molar-refractivity contribution in [3.63, 3.8) is 0 Å². The van der Waals surface area contributed by atoms with Gasteiger partial charge in [-0.15, -0.1) is 0 Å². The third kappa shape index (κ3) is 8.27. The van der Waals surface area contributed by atoms with Gasteiger partial charge in [-0.25, -0.2) is 0 Å². The number of ether oxygens (including phenoxy) is 1. The van der Waals surface area contributed by atoms with Gasteiger partial charge < -0.3 is 15.0 Å². The van der Waals surface area contributed by atoms with Gasteiger partial charge >= 0.3 is 0 Å². The van der Waals surface area contributed by atoms with Gasteiger partial charge in [-0.2, -0.15) is 0 Å². The monoisotopic (exact) mass is 369 g/mol. The van der Waals surface area contributed by atoms with Crippen molar-refractivity contribution in [3.8, 4) is 0 Å². The molecule has 1 unspecified atom stereocenters. The molecule has 0 saturated carbocycles. The van der Waals surface area contributed by atoms with E-state index < -0.39 is 5.72 Å². The molecule has 3 heteroatoms. The predicted octanol–water partition coefficient (Wildman–Crippen LogP) is 6.16. The lowest BCUT2D eigenvalue weighted by Gasteiger charge is -2.42. The summed E-state index contributed by atoms with van der Waals surface area (Å²) in [6, 6.07) is 0. The Hall–Kier alpha value is -0.120. The molecule has 0 radical (unpaired) electrons. The molecule has 0 aromatic heterocycles. The summed E-state index contributed by atoms with van der Waals surface area (Å²) in [6.45, 7) is 9.26. The van der Waals surface area contributed by atoms with Crippen LogP contribution in [0.1, 0.15) is 130 Å². The number of unbranched alkanes of at least 4 members (excludes halogenated alkanes) is 12. The topological polar surface area (TPSA) is 36.7 Å². The van der Waals surface area contributed by atoms with Crippen LogP contribution in [0.4, 0.5) is 0 Å². The highest BCUT2D eigenvalue weighted by Crippen LogP contribution is 2.28. The molecule has 1 N–H and O–H groups in total. The lowest BCUT2D eigenvalue weighted by atomic mass is 9.95. The lowest BCUT2D eigenvalue weighted by Crippen LogP contribution is -3.20. The second kappa shape index (κ2) is 13.1. The molecule has 0 amide bonds. The van der Waals surface area contributed by atoms with Crippen molar-refractivity contribution in [2.75, 3.05) is 6.61 Å². The van der Waals surface area contributed by atoms with Gasteiger partial charge in [-0.1, -0.05) is 90.9 Å². The Kier molecular flexibility index (Phi) is 12.1. The van der Waals surface area contributed by atoms with Gasteiger partial charge in [-0.05, 0) is 26.7 Å². The molecule has 0 spiro atoms. The van der Waals surface area contributed by atoms with Crippen molar-refractivity contribution in [2.45, 2.75) is 142 Å². The summed E-state index contributed by atoms with van der Waals surface area (Å²) >= 11 is 0. The molecular weight excluding hydrogens is 322 g/mol. The van der Waals surface area contributed by atoms with Gasteiger partial charge in [0.15, 0.2) is 0 Å². The third-order valence-corrected chi connectivity index (χ3v) is 6.11. The summed E-state index contributed by atoms with van der Waals surface area (Å²) in [5.74, 6) is 0. The first-order chi connectivity index (χ1) is 12.5. The molecule has 1 atom stereocenters. The molecule has 26 heavy (non-hydrogen) atoms. The van der Waals surface area contributed by atoms with Crippen LogP contribution in [0.3, 0.4) is 0 Å². The Balaban J connectivity index is 2.34. The summed E-state index contributed by atoms with van der Waals surface area (Å²) in [5, 5.41) is 13.4. The number of quaternary nitrogens is 1. The van der Waals surface area contributed by atoms with E-state index in [1.165, 1.54) is 77.0 Å². The van der Waals surface area contributed by atoms with E-state index in [4.69, 9.17) is 4.74 Å². The highest BCUT2D eigenvalue weighted by Gasteiger charge is 2.51. The Bertz CT molecular complexity index is 325. The lowest BCUT2D eigenvalue weighted by molar-refractivity contribution is -0.950. The van der Waals surface area contributed by atoms with Crippen LogP contribution >= 0.6 is 0 Å². The largest absolute Gasteiger partial charge is 0.632 e. The minimum absolute atomic E-state index is 0.289. The van der Waals surface area contributed by atoms with Gasteiger partial charge in [0.25, 0.3) is 0 Å². The summed E-state index contributed by atoms with van der Waals surface area (Å²) < 4.78 is 6.21. The van der Waals surface area contributed by atoms with Gasteiger partial charge in [0.1, 0.15) is 12.1 Å². The van der Waals surface area contributed by atoms with E-state index in [0.29, 0.717) is 11.7 Å². The van der Waals surface area contributed by atoms with E-state index in [2.05, 4.69) is 27.7 Å². The van der Waals surface area contributed by atoms with Crippen molar-refractivity contribution in [2.24, 2.45) is 0 Å². The molecule has 1 saturated heterocycles. The first-order valence-corrected chi connectivity index (χ1v) is 11.7. The second-order valence-corrected chi connectivity index (χ2v) is 9.24. The zero-order chi connectivity index (χ0) is 19.3. The zero-order valence-electron chi connectivity index (χ0n) is 18.3. The normalized spacial score (nSPS) is 21.3. The number of hydrogen-bond acceptors (Lipinski definition) is 2. The van der Waals surface area contributed by atoms with Crippen molar-refractivity contribution in [3.05, 3.63) is 5.21 Å². The third-order valence-electron chi connectivity index (χ3n) is 6.11. The Morgan fingerprint density at radius 2 is 1.08 bits per heavy atom. The predicted molar refractivity (Wildman–Crippen MR) is 112 cm³/mol. The Morgan fingerprint density at radius 1 is 0.692 bits per heavy atom. The first kappa shape index (κ1) is 23.9. The van der Waals surface area contributed by atoms with Gasteiger partial charge in [0.05, 0.1) is 0 Å². The van der Waals surface area contributed by atoms with Gasteiger partial charge in [0, 0.05) is 12.8 Å². The second-order valence-electron chi connectivity index (χ2n) is 9.24.